The summed E-state index contributed by atoms with van der Waals surface area (Å²) in [6.07, 6.45) is 0. The highest BCUT2D eigenvalue weighted by Gasteiger charge is 2.17. The van der Waals surface area contributed by atoms with Gasteiger partial charge in [-0.3, -0.25) is 4.79 Å². The van der Waals surface area contributed by atoms with Crippen LogP contribution in [0.25, 0.3) is 0 Å². The van der Waals surface area contributed by atoms with E-state index >= 15 is 0 Å². The number of carboxylic acids is 1. The fraction of sp³-hybridized carbons (Fsp3) is 0.273. The van der Waals surface area contributed by atoms with Crippen LogP contribution in [-0.2, 0) is 4.74 Å². The monoisotopic (exact) mass is 252 g/mol. The number of methoxy groups -OCH3 is 1. The minimum Gasteiger partial charge on any atom is -0.478 e. The Balaban J connectivity index is 3.26. The maximum atomic E-state index is 11.6. The second-order valence-electron chi connectivity index (χ2n) is 3.28. The molecule has 96 valence electrons. The number of nitrogens with zero attached hydrogens (tertiary/aromatic N) is 1. The second-order valence-corrected chi connectivity index (χ2v) is 3.28. The summed E-state index contributed by atoms with van der Waals surface area (Å²) in [5, 5.41) is 11.4. The van der Waals surface area contributed by atoms with Gasteiger partial charge in [-0.05, 0) is 19.1 Å². The molecule has 0 fully saturated rings. The summed E-state index contributed by atoms with van der Waals surface area (Å²) >= 11 is 0. The molecule has 1 amide bonds. The van der Waals surface area contributed by atoms with E-state index in [0.29, 0.717) is 6.54 Å². The van der Waals surface area contributed by atoms with Crippen LogP contribution in [-0.4, -0.2) is 41.6 Å². The fourth-order valence-corrected chi connectivity index (χ4v) is 1.23. The van der Waals surface area contributed by atoms with Crippen molar-refractivity contribution in [3.63, 3.8) is 0 Å². The third-order valence-corrected chi connectivity index (χ3v) is 2.04. The fourth-order valence-electron chi connectivity index (χ4n) is 1.23. The van der Waals surface area contributed by atoms with E-state index in [9.17, 15) is 14.4 Å². The van der Waals surface area contributed by atoms with Gasteiger partial charge in [-0.15, -0.1) is 0 Å². The van der Waals surface area contributed by atoms with Crippen LogP contribution in [0.5, 0.6) is 0 Å². The lowest BCUT2D eigenvalue weighted by atomic mass is 10.2. The lowest BCUT2D eigenvalue weighted by Gasteiger charge is -2.05. The largest absolute Gasteiger partial charge is 0.478 e. The zero-order valence-corrected chi connectivity index (χ0v) is 9.89. The highest BCUT2D eigenvalue weighted by molar-refractivity contribution is 5.98. The second kappa shape index (κ2) is 5.76. The van der Waals surface area contributed by atoms with Crippen LogP contribution in [0.2, 0.25) is 0 Å². The van der Waals surface area contributed by atoms with E-state index in [4.69, 9.17) is 5.11 Å². The number of amides is 1. The Kier molecular flexibility index (Phi) is 4.36. The molecule has 2 N–H and O–H groups in total. The molecule has 0 unspecified atom stereocenters. The number of rotatable bonds is 4. The minimum absolute atomic E-state index is 0.142. The van der Waals surface area contributed by atoms with Crippen LogP contribution in [0.3, 0.4) is 0 Å². The maximum Gasteiger partial charge on any atom is 0.356 e. The van der Waals surface area contributed by atoms with E-state index in [-0.39, 0.29) is 17.0 Å². The highest BCUT2D eigenvalue weighted by Crippen LogP contribution is 2.08. The average molecular weight is 252 g/mol. The Hall–Kier alpha value is -2.44. The molecule has 1 aromatic rings. The predicted molar refractivity (Wildman–Crippen MR) is 60.5 cm³/mol. The first kappa shape index (κ1) is 13.6. The Morgan fingerprint density at radius 1 is 1.33 bits per heavy atom. The maximum absolute atomic E-state index is 11.6. The third kappa shape index (κ3) is 3.03. The molecular formula is C11H12N2O5. The molecule has 7 nitrogen and oxygen atoms in total. The number of aromatic carboxylic acids is 1. The Morgan fingerprint density at radius 3 is 2.44 bits per heavy atom. The zero-order valence-electron chi connectivity index (χ0n) is 9.89. The summed E-state index contributed by atoms with van der Waals surface area (Å²) in [7, 11) is 1.14. The lowest BCUT2D eigenvalue weighted by molar-refractivity contribution is 0.0594. The van der Waals surface area contributed by atoms with E-state index in [2.05, 4.69) is 15.0 Å². The highest BCUT2D eigenvalue weighted by atomic mass is 16.5. The predicted octanol–water partition coefficient (Wildman–Crippen LogP) is 0.316. The molecule has 1 heterocycles. The molecule has 0 aliphatic rings. The smallest absolute Gasteiger partial charge is 0.356 e. The SMILES string of the molecule is CCNC(=O)c1cc(C(=O)O)cc(C(=O)OC)n1. The minimum atomic E-state index is -1.26. The molecule has 7 heteroatoms. The number of esters is 1. The standard InChI is InChI=1S/C11H12N2O5/c1-3-12-9(14)7-4-6(10(15)16)5-8(13-7)11(17)18-2/h4-5H,3H2,1-2H3,(H,12,14)(H,15,16). The third-order valence-electron chi connectivity index (χ3n) is 2.04. The van der Waals surface area contributed by atoms with Gasteiger partial charge in [0.2, 0.25) is 0 Å². The Morgan fingerprint density at radius 2 is 1.94 bits per heavy atom. The van der Waals surface area contributed by atoms with Gasteiger partial charge in [0.1, 0.15) is 11.4 Å². The molecule has 0 aliphatic carbocycles. The van der Waals surface area contributed by atoms with Crippen molar-refractivity contribution in [3.8, 4) is 0 Å². The van der Waals surface area contributed by atoms with E-state index in [0.717, 1.165) is 19.2 Å². The lowest BCUT2D eigenvalue weighted by Crippen LogP contribution is -2.25. The molecule has 0 atom stereocenters. The molecule has 1 rings (SSSR count). The molecule has 0 bridgehead atoms. The van der Waals surface area contributed by atoms with E-state index < -0.39 is 17.8 Å². The zero-order chi connectivity index (χ0) is 13.7. The molecule has 0 saturated carbocycles. The van der Waals surface area contributed by atoms with Crippen molar-refractivity contribution in [2.75, 3.05) is 13.7 Å². The van der Waals surface area contributed by atoms with Gasteiger partial charge >= 0.3 is 11.9 Å². The first-order valence-electron chi connectivity index (χ1n) is 5.11. The van der Waals surface area contributed by atoms with Gasteiger partial charge in [0.15, 0.2) is 0 Å². The molecule has 0 aliphatic heterocycles. The molecular weight excluding hydrogens is 240 g/mol. The summed E-state index contributed by atoms with van der Waals surface area (Å²) in [4.78, 5) is 37.5. The number of pyridine rings is 1. The van der Waals surface area contributed by atoms with Crippen LogP contribution < -0.4 is 5.32 Å². The van der Waals surface area contributed by atoms with Crippen LogP contribution in [0.15, 0.2) is 12.1 Å². The van der Waals surface area contributed by atoms with E-state index in [1.807, 2.05) is 0 Å². The number of hydrogen-bond donors (Lipinski definition) is 2. The van der Waals surface area contributed by atoms with Crippen molar-refractivity contribution in [1.82, 2.24) is 10.3 Å². The number of hydrogen-bond acceptors (Lipinski definition) is 5. The first-order chi connectivity index (χ1) is 8.49. The van der Waals surface area contributed by atoms with Crippen LogP contribution in [0.4, 0.5) is 0 Å². The molecule has 18 heavy (non-hydrogen) atoms. The van der Waals surface area contributed by atoms with Crippen molar-refractivity contribution in [2.45, 2.75) is 6.92 Å². The number of carbonyl (C=O) groups excluding carboxylic acids is 2. The van der Waals surface area contributed by atoms with Gasteiger partial charge in [-0.25, -0.2) is 14.6 Å². The first-order valence-corrected chi connectivity index (χ1v) is 5.11. The van der Waals surface area contributed by atoms with Crippen molar-refractivity contribution >= 4 is 17.8 Å². The summed E-state index contributed by atoms with van der Waals surface area (Å²) in [6.45, 7) is 2.07. The van der Waals surface area contributed by atoms with Gasteiger partial charge in [-0.1, -0.05) is 0 Å². The molecule has 1 aromatic heterocycles. The number of nitrogens with one attached hydrogen (secondary N) is 1. The van der Waals surface area contributed by atoms with Crippen LogP contribution >= 0.6 is 0 Å². The quantitative estimate of drug-likeness (QED) is 0.747. The summed E-state index contributed by atoms with van der Waals surface area (Å²) in [5.74, 6) is -2.61. The van der Waals surface area contributed by atoms with Gasteiger partial charge in [0.25, 0.3) is 5.91 Å². The van der Waals surface area contributed by atoms with Crippen molar-refractivity contribution < 1.29 is 24.2 Å². The molecule has 0 spiro atoms. The Labute approximate surface area is 103 Å². The van der Waals surface area contributed by atoms with Crippen molar-refractivity contribution in [2.24, 2.45) is 0 Å². The molecule has 0 saturated heterocycles. The van der Waals surface area contributed by atoms with Gasteiger partial charge in [0, 0.05) is 6.54 Å². The number of carbonyl (C=O) groups is 3. The summed E-state index contributed by atoms with van der Waals surface area (Å²) in [6, 6.07) is 2.15. The van der Waals surface area contributed by atoms with Crippen molar-refractivity contribution in [1.29, 1.82) is 0 Å². The van der Waals surface area contributed by atoms with Crippen LogP contribution in [0, 0.1) is 0 Å². The Bertz CT molecular complexity index is 498. The summed E-state index contributed by atoms with van der Waals surface area (Å²) < 4.78 is 4.44. The number of aromatic nitrogens is 1. The van der Waals surface area contributed by atoms with Crippen LogP contribution in [0.1, 0.15) is 38.3 Å². The topological polar surface area (TPSA) is 106 Å². The van der Waals surface area contributed by atoms with Gasteiger partial charge < -0.3 is 15.2 Å². The van der Waals surface area contributed by atoms with E-state index in [1.165, 1.54) is 0 Å². The van der Waals surface area contributed by atoms with Gasteiger partial charge in [0.05, 0.1) is 12.7 Å². The number of ether oxygens (including phenoxy) is 1. The molecule has 0 radical (unpaired) electrons. The van der Waals surface area contributed by atoms with Crippen molar-refractivity contribution in [3.05, 3.63) is 29.1 Å². The normalized spacial score (nSPS) is 9.67. The van der Waals surface area contributed by atoms with Gasteiger partial charge in [-0.2, -0.15) is 0 Å². The average Bonchev–Trinajstić information content (AvgIpc) is 2.37. The molecule has 0 aromatic carbocycles. The number of carboxylic acid groups (broad SMARTS) is 1. The summed E-state index contributed by atoms with van der Waals surface area (Å²) in [5.41, 5.74) is -0.567. The van der Waals surface area contributed by atoms with E-state index in [1.54, 1.807) is 6.92 Å².